The highest BCUT2D eigenvalue weighted by atomic mass is 79.9. The number of carbonyl (C=O) groups is 1. The average Bonchev–Trinajstić information content (AvgIpc) is 2.89. The van der Waals surface area contributed by atoms with E-state index in [9.17, 15) is 4.79 Å². The van der Waals surface area contributed by atoms with Crippen LogP contribution in [0.1, 0.15) is 15.2 Å². The van der Waals surface area contributed by atoms with Crippen LogP contribution >= 0.6 is 27.3 Å². The third-order valence-electron chi connectivity index (χ3n) is 3.17. The summed E-state index contributed by atoms with van der Waals surface area (Å²) in [6.07, 6.45) is 0. The van der Waals surface area contributed by atoms with Gasteiger partial charge in [-0.3, -0.25) is 10.1 Å². The van der Waals surface area contributed by atoms with Gasteiger partial charge in [0.2, 0.25) is 0 Å². The van der Waals surface area contributed by atoms with Gasteiger partial charge in [0.1, 0.15) is 0 Å². The third kappa shape index (κ3) is 3.26. The molecular formula is C17H13BrN2OS. The van der Waals surface area contributed by atoms with Gasteiger partial charge in [0.05, 0.1) is 5.69 Å². The van der Waals surface area contributed by atoms with E-state index >= 15 is 0 Å². The number of aromatic nitrogens is 1. The molecule has 1 N–H and O–H groups in total. The van der Waals surface area contributed by atoms with E-state index in [0.29, 0.717) is 10.7 Å². The van der Waals surface area contributed by atoms with Crippen molar-refractivity contribution in [3.05, 3.63) is 69.5 Å². The maximum Gasteiger partial charge on any atom is 0.257 e. The van der Waals surface area contributed by atoms with E-state index in [0.717, 1.165) is 20.6 Å². The molecule has 0 radical (unpaired) electrons. The molecule has 0 saturated carbocycles. The number of anilines is 1. The minimum Gasteiger partial charge on any atom is -0.298 e. The van der Waals surface area contributed by atoms with Crippen molar-refractivity contribution >= 4 is 38.3 Å². The first-order valence-electron chi connectivity index (χ1n) is 6.73. The quantitative estimate of drug-likeness (QED) is 0.691. The van der Waals surface area contributed by atoms with Gasteiger partial charge in [-0.15, -0.1) is 11.3 Å². The van der Waals surface area contributed by atoms with Crippen LogP contribution in [0.3, 0.4) is 0 Å². The molecule has 0 aliphatic carbocycles. The lowest BCUT2D eigenvalue weighted by molar-refractivity contribution is 0.102. The van der Waals surface area contributed by atoms with Crippen molar-refractivity contribution in [2.45, 2.75) is 6.92 Å². The van der Waals surface area contributed by atoms with Crippen LogP contribution in [-0.4, -0.2) is 10.9 Å². The summed E-state index contributed by atoms with van der Waals surface area (Å²) in [6, 6.07) is 17.1. The number of amides is 1. The van der Waals surface area contributed by atoms with Gasteiger partial charge in [0, 0.05) is 20.5 Å². The highest BCUT2D eigenvalue weighted by molar-refractivity contribution is 9.10. The molecular weight excluding hydrogens is 360 g/mol. The van der Waals surface area contributed by atoms with Gasteiger partial charge < -0.3 is 0 Å². The van der Waals surface area contributed by atoms with Crippen LogP contribution in [0.25, 0.3) is 11.3 Å². The zero-order valence-corrected chi connectivity index (χ0v) is 14.2. The second kappa shape index (κ2) is 6.42. The van der Waals surface area contributed by atoms with Crippen molar-refractivity contribution in [2.24, 2.45) is 0 Å². The first kappa shape index (κ1) is 14.9. The van der Waals surface area contributed by atoms with Crippen LogP contribution < -0.4 is 5.32 Å². The van der Waals surface area contributed by atoms with Gasteiger partial charge >= 0.3 is 0 Å². The molecule has 1 amide bonds. The molecule has 0 bridgehead atoms. The van der Waals surface area contributed by atoms with Gasteiger partial charge in [-0.25, -0.2) is 4.98 Å². The van der Waals surface area contributed by atoms with Crippen molar-refractivity contribution in [2.75, 3.05) is 5.32 Å². The maximum atomic E-state index is 12.2. The fraction of sp³-hybridized carbons (Fsp3) is 0.0588. The summed E-state index contributed by atoms with van der Waals surface area (Å²) < 4.78 is 1.03. The number of nitrogens with one attached hydrogen (secondary N) is 1. The van der Waals surface area contributed by atoms with Crippen LogP contribution in [0.5, 0.6) is 0 Å². The lowest BCUT2D eigenvalue weighted by Crippen LogP contribution is -2.11. The van der Waals surface area contributed by atoms with Crippen LogP contribution in [0.15, 0.2) is 59.1 Å². The summed E-state index contributed by atoms with van der Waals surface area (Å²) in [5.74, 6) is -0.142. The Morgan fingerprint density at radius 3 is 2.45 bits per heavy atom. The first-order chi connectivity index (χ1) is 10.6. The molecule has 0 fully saturated rings. The van der Waals surface area contributed by atoms with Crippen LogP contribution in [0.2, 0.25) is 0 Å². The van der Waals surface area contributed by atoms with Crippen LogP contribution in [0.4, 0.5) is 5.13 Å². The molecule has 0 spiro atoms. The zero-order chi connectivity index (χ0) is 15.5. The molecule has 0 saturated heterocycles. The van der Waals surface area contributed by atoms with Crippen LogP contribution in [-0.2, 0) is 0 Å². The van der Waals surface area contributed by atoms with E-state index in [1.165, 1.54) is 11.3 Å². The van der Waals surface area contributed by atoms with Gasteiger partial charge in [-0.1, -0.05) is 46.3 Å². The smallest absolute Gasteiger partial charge is 0.257 e. The van der Waals surface area contributed by atoms with E-state index in [1.807, 2.05) is 49.4 Å². The van der Waals surface area contributed by atoms with Crippen molar-refractivity contribution in [3.8, 4) is 11.3 Å². The molecule has 22 heavy (non-hydrogen) atoms. The Morgan fingerprint density at radius 1 is 1.09 bits per heavy atom. The van der Waals surface area contributed by atoms with E-state index in [1.54, 1.807) is 12.1 Å². The summed E-state index contributed by atoms with van der Waals surface area (Å²) in [6.45, 7) is 2.01. The molecule has 1 aromatic heterocycles. The van der Waals surface area contributed by atoms with E-state index in [2.05, 4.69) is 26.2 Å². The van der Waals surface area contributed by atoms with E-state index in [-0.39, 0.29) is 5.91 Å². The second-order valence-corrected chi connectivity index (χ2v) is 6.87. The average molecular weight is 373 g/mol. The van der Waals surface area contributed by atoms with Crippen molar-refractivity contribution in [1.29, 1.82) is 0 Å². The van der Waals surface area contributed by atoms with Crippen molar-refractivity contribution in [1.82, 2.24) is 4.98 Å². The molecule has 1 heterocycles. The number of halogens is 1. The fourth-order valence-electron chi connectivity index (χ4n) is 2.08. The Bertz CT molecular complexity index is 797. The van der Waals surface area contributed by atoms with E-state index in [4.69, 9.17) is 0 Å². The summed E-state index contributed by atoms with van der Waals surface area (Å²) in [5.41, 5.74) is 2.57. The first-order valence-corrected chi connectivity index (χ1v) is 8.34. The number of nitrogens with zero attached hydrogens (tertiary/aromatic N) is 1. The van der Waals surface area contributed by atoms with Gasteiger partial charge in [-0.2, -0.15) is 0 Å². The molecule has 5 heteroatoms. The Hall–Kier alpha value is -1.98. The molecule has 3 rings (SSSR count). The third-order valence-corrected chi connectivity index (χ3v) is 4.59. The maximum absolute atomic E-state index is 12.2. The molecule has 2 aromatic carbocycles. The minimum atomic E-state index is -0.142. The zero-order valence-electron chi connectivity index (χ0n) is 11.8. The largest absolute Gasteiger partial charge is 0.298 e. The monoisotopic (exact) mass is 372 g/mol. The number of hydrogen-bond acceptors (Lipinski definition) is 3. The lowest BCUT2D eigenvalue weighted by Gasteiger charge is -2.01. The SMILES string of the molecule is Cc1sc(NC(=O)c2ccccc2)nc1-c1ccc(Br)cc1. The number of aryl methyl sites for hydroxylation is 1. The Kier molecular flexibility index (Phi) is 4.36. The molecule has 0 atom stereocenters. The standard InChI is InChI=1S/C17H13BrN2OS/c1-11-15(12-7-9-14(18)10-8-12)19-17(22-11)20-16(21)13-5-3-2-4-6-13/h2-10H,1H3,(H,19,20,21). The summed E-state index contributed by atoms with van der Waals surface area (Å²) in [7, 11) is 0. The number of benzene rings is 2. The topological polar surface area (TPSA) is 42.0 Å². The van der Waals surface area contributed by atoms with Crippen molar-refractivity contribution in [3.63, 3.8) is 0 Å². The van der Waals surface area contributed by atoms with E-state index < -0.39 is 0 Å². The Balaban J connectivity index is 1.83. The highest BCUT2D eigenvalue weighted by Crippen LogP contribution is 2.31. The normalized spacial score (nSPS) is 10.5. The Morgan fingerprint density at radius 2 is 1.77 bits per heavy atom. The highest BCUT2D eigenvalue weighted by Gasteiger charge is 2.12. The summed E-state index contributed by atoms with van der Waals surface area (Å²) in [5, 5.41) is 3.47. The number of thiazole rings is 1. The molecule has 3 nitrogen and oxygen atoms in total. The predicted molar refractivity (Wildman–Crippen MR) is 94.4 cm³/mol. The number of carbonyl (C=O) groups excluding carboxylic acids is 1. The fourth-order valence-corrected chi connectivity index (χ4v) is 3.18. The number of rotatable bonds is 3. The molecule has 0 aliphatic rings. The predicted octanol–water partition coefficient (Wildman–Crippen LogP) is 5.13. The van der Waals surface area contributed by atoms with Crippen LogP contribution in [0, 0.1) is 6.92 Å². The lowest BCUT2D eigenvalue weighted by atomic mass is 10.1. The summed E-state index contributed by atoms with van der Waals surface area (Å²) >= 11 is 4.91. The molecule has 110 valence electrons. The van der Waals surface area contributed by atoms with Crippen molar-refractivity contribution < 1.29 is 4.79 Å². The Labute approximate surface area is 141 Å². The van der Waals surface area contributed by atoms with Gasteiger partial charge in [-0.05, 0) is 31.2 Å². The van der Waals surface area contributed by atoms with Gasteiger partial charge in [0.25, 0.3) is 5.91 Å². The molecule has 3 aromatic rings. The molecule has 0 unspecified atom stereocenters. The second-order valence-electron chi connectivity index (χ2n) is 4.75. The number of hydrogen-bond donors (Lipinski definition) is 1. The molecule has 0 aliphatic heterocycles. The van der Waals surface area contributed by atoms with Gasteiger partial charge in [0.15, 0.2) is 5.13 Å². The summed E-state index contributed by atoms with van der Waals surface area (Å²) in [4.78, 5) is 17.8. The minimum absolute atomic E-state index is 0.142.